The van der Waals surface area contributed by atoms with Crippen LogP contribution in [0, 0.1) is 5.82 Å². The molecule has 0 aliphatic heterocycles. The van der Waals surface area contributed by atoms with Gasteiger partial charge in [0.2, 0.25) is 0 Å². The highest BCUT2D eigenvalue weighted by Crippen LogP contribution is 2.26. The van der Waals surface area contributed by atoms with Gasteiger partial charge in [-0.05, 0) is 39.7 Å². The summed E-state index contributed by atoms with van der Waals surface area (Å²) in [6, 6.07) is 6.68. The Kier molecular flexibility index (Phi) is 4.28. The van der Waals surface area contributed by atoms with Crippen molar-refractivity contribution in [3.63, 3.8) is 0 Å². The molecule has 0 spiro atoms. The second-order valence-electron chi connectivity index (χ2n) is 3.72. The van der Waals surface area contributed by atoms with Crippen molar-refractivity contribution < 1.29 is 14.2 Å². The van der Waals surface area contributed by atoms with Crippen LogP contribution in [0.2, 0.25) is 0 Å². The van der Waals surface area contributed by atoms with Crippen LogP contribution in [-0.4, -0.2) is 10.1 Å². The first-order valence-corrected chi connectivity index (χ1v) is 6.10. The Bertz CT molecular complexity index is 548. The molecule has 0 saturated heterocycles. The molecule has 0 unspecified atom stereocenters. The zero-order valence-electron chi connectivity index (χ0n) is 9.44. The van der Waals surface area contributed by atoms with Gasteiger partial charge in [0, 0.05) is 11.8 Å². The molecule has 0 radical (unpaired) electrons. The number of pyridine rings is 1. The zero-order chi connectivity index (χ0) is 13.0. The molecule has 1 N–H and O–H groups in total. The fourth-order valence-corrected chi connectivity index (χ4v) is 2.00. The smallest absolute Gasteiger partial charge is 0.141 e. The molecular formula is C13H11BrFNO2. The van der Waals surface area contributed by atoms with E-state index >= 15 is 0 Å². The molecule has 2 rings (SSSR count). The topological polar surface area (TPSA) is 42.4 Å². The summed E-state index contributed by atoms with van der Waals surface area (Å²) in [7, 11) is 0. The van der Waals surface area contributed by atoms with E-state index in [2.05, 4.69) is 20.9 Å². The lowest BCUT2D eigenvalue weighted by Gasteiger charge is -2.09. The second-order valence-corrected chi connectivity index (χ2v) is 4.58. The Morgan fingerprint density at radius 1 is 1.22 bits per heavy atom. The lowest BCUT2D eigenvalue weighted by atomic mass is 10.2. The summed E-state index contributed by atoms with van der Waals surface area (Å²) in [5, 5.41) is 8.98. The number of aromatic nitrogens is 1. The maximum absolute atomic E-state index is 12.9. The Morgan fingerprint density at radius 3 is 2.72 bits per heavy atom. The quantitative estimate of drug-likeness (QED) is 0.943. The normalized spacial score (nSPS) is 10.4. The summed E-state index contributed by atoms with van der Waals surface area (Å²) >= 11 is 3.35. The van der Waals surface area contributed by atoms with Crippen molar-refractivity contribution in [2.45, 2.75) is 13.2 Å². The third-order valence-corrected chi connectivity index (χ3v) is 2.95. The Labute approximate surface area is 112 Å². The molecule has 1 heterocycles. The highest BCUT2D eigenvalue weighted by Gasteiger charge is 2.03. The van der Waals surface area contributed by atoms with Gasteiger partial charge in [-0.2, -0.15) is 0 Å². The molecule has 0 fully saturated rings. The predicted molar refractivity (Wildman–Crippen MR) is 68.6 cm³/mol. The molecule has 0 atom stereocenters. The molecule has 3 nitrogen and oxygen atoms in total. The van der Waals surface area contributed by atoms with E-state index in [1.165, 1.54) is 6.07 Å². The number of benzene rings is 1. The third kappa shape index (κ3) is 3.27. The van der Waals surface area contributed by atoms with Crippen molar-refractivity contribution in [3.8, 4) is 5.75 Å². The van der Waals surface area contributed by atoms with Gasteiger partial charge in [0.25, 0.3) is 0 Å². The first kappa shape index (κ1) is 13.0. The van der Waals surface area contributed by atoms with E-state index in [9.17, 15) is 4.39 Å². The lowest BCUT2D eigenvalue weighted by Crippen LogP contribution is -1.98. The number of aliphatic hydroxyl groups is 1. The number of halogens is 2. The molecule has 1 aromatic carbocycles. The molecule has 0 bridgehead atoms. The van der Waals surface area contributed by atoms with E-state index in [-0.39, 0.29) is 19.0 Å². The minimum atomic E-state index is -0.384. The van der Waals surface area contributed by atoms with E-state index in [4.69, 9.17) is 9.84 Å². The van der Waals surface area contributed by atoms with E-state index < -0.39 is 0 Å². The van der Waals surface area contributed by atoms with Crippen molar-refractivity contribution in [3.05, 3.63) is 58.1 Å². The van der Waals surface area contributed by atoms with Crippen LogP contribution in [0.15, 0.2) is 41.1 Å². The van der Waals surface area contributed by atoms with E-state index in [1.54, 1.807) is 24.4 Å². The van der Waals surface area contributed by atoms with Gasteiger partial charge in [-0.25, -0.2) is 4.39 Å². The number of aliphatic hydroxyl groups excluding tert-OH is 1. The minimum Gasteiger partial charge on any atom is -0.488 e. The molecule has 1 aromatic heterocycles. The average Bonchev–Trinajstić information content (AvgIpc) is 2.37. The molecular weight excluding hydrogens is 301 g/mol. The molecule has 5 heteroatoms. The third-order valence-electron chi connectivity index (χ3n) is 2.33. The van der Waals surface area contributed by atoms with Gasteiger partial charge in [-0.3, -0.25) is 4.98 Å². The number of ether oxygens (including phenoxy) is 1. The SMILES string of the molecule is OCc1ccc(OCc2cncc(F)c2)c(Br)c1. The van der Waals surface area contributed by atoms with Gasteiger partial charge in [0.15, 0.2) is 0 Å². The second kappa shape index (κ2) is 5.93. The molecule has 0 aliphatic rings. The first-order valence-electron chi connectivity index (χ1n) is 5.30. The summed E-state index contributed by atoms with van der Waals surface area (Å²) in [5.41, 5.74) is 1.45. The summed E-state index contributed by atoms with van der Waals surface area (Å²) < 4.78 is 19.2. The fraction of sp³-hybridized carbons (Fsp3) is 0.154. The van der Waals surface area contributed by atoms with Crippen LogP contribution in [0.25, 0.3) is 0 Å². The van der Waals surface area contributed by atoms with Gasteiger partial charge in [0.05, 0.1) is 17.3 Å². The number of nitrogens with zero attached hydrogens (tertiary/aromatic N) is 1. The van der Waals surface area contributed by atoms with Gasteiger partial charge in [-0.1, -0.05) is 6.07 Å². The van der Waals surface area contributed by atoms with Crippen molar-refractivity contribution in [1.82, 2.24) is 4.98 Å². The van der Waals surface area contributed by atoms with Crippen LogP contribution >= 0.6 is 15.9 Å². The van der Waals surface area contributed by atoms with E-state index in [1.807, 2.05) is 0 Å². The van der Waals surface area contributed by atoms with Crippen molar-refractivity contribution >= 4 is 15.9 Å². The lowest BCUT2D eigenvalue weighted by molar-refractivity contribution is 0.280. The Hall–Kier alpha value is -1.46. The van der Waals surface area contributed by atoms with Crippen LogP contribution in [0.5, 0.6) is 5.75 Å². The van der Waals surface area contributed by atoms with E-state index in [0.717, 1.165) is 16.2 Å². The molecule has 0 amide bonds. The molecule has 18 heavy (non-hydrogen) atoms. The summed E-state index contributed by atoms with van der Waals surface area (Å²) in [6.07, 6.45) is 2.70. The Morgan fingerprint density at radius 2 is 2.06 bits per heavy atom. The molecule has 94 valence electrons. The monoisotopic (exact) mass is 311 g/mol. The highest BCUT2D eigenvalue weighted by atomic mass is 79.9. The van der Waals surface area contributed by atoms with Crippen LogP contribution in [0.1, 0.15) is 11.1 Å². The van der Waals surface area contributed by atoms with Crippen molar-refractivity contribution in [2.24, 2.45) is 0 Å². The predicted octanol–water partition coefficient (Wildman–Crippen LogP) is 3.05. The van der Waals surface area contributed by atoms with Gasteiger partial charge < -0.3 is 9.84 Å². The van der Waals surface area contributed by atoms with Crippen LogP contribution < -0.4 is 4.74 Å². The molecule has 2 aromatic rings. The number of hydrogen-bond acceptors (Lipinski definition) is 3. The maximum Gasteiger partial charge on any atom is 0.141 e. The zero-order valence-corrected chi connectivity index (χ0v) is 11.0. The summed E-state index contributed by atoms with van der Waals surface area (Å²) in [6.45, 7) is 0.217. The van der Waals surface area contributed by atoms with Crippen LogP contribution in [0.4, 0.5) is 4.39 Å². The molecule has 0 saturated carbocycles. The fourth-order valence-electron chi connectivity index (χ4n) is 1.46. The van der Waals surface area contributed by atoms with Crippen molar-refractivity contribution in [2.75, 3.05) is 0 Å². The van der Waals surface area contributed by atoms with E-state index in [0.29, 0.717) is 11.3 Å². The van der Waals surface area contributed by atoms with Crippen LogP contribution in [-0.2, 0) is 13.2 Å². The first-order chi connectivity index (χ1) is 8.69. The minimum absolute atomic E-state index is 0.0211. The average molecular weight is 312 g/mol. The summed E-state index contributed by atoms with van der Waals surface area (Å²) in [5.74, 6) is 0.252. The standard InChI is InChI=1S/C13H11BrFNO2/c14-12-4-9(7-17)1-2-13(12)18-8-10-3-11(15)6-16-5-10/h1-6,17H,7-8H2. The van der Waals surface area contributed by atoms with Gasteiger partial charge in [0.1, 0.15) is 18.2 Å². The van der Waals surface area contributed by atoms with Gasteiger partial charge >= 0.3 is 0 Å². The number of rotatable bonds is 4. The molecule has 0 aliphatic carbocycles. The highest BCUT2D eigenvalue weighted by molar-refractivity contribution is 9.10. The number of hydrogen-bond donors (Lipinski definition) is 1. The van der Waals surface area contributed by atoms with Crippen molar-refractivity contribution in [1.29, 1.82) is 0 Å². The Balaban J connectivity index is 2.06. The van der Waals surface area contributed by atoms with Gasteiger partial charge in [-0.15, -0.1) is 0 Å². The van der Waals surface area contributed by atoms with Crippen LogP contribution in [0.3, 0.4) is 0 Å². The summed E-state index contributed by atoms with van der Waals surface area (Å²) in [4.78, 5) is 3.75. The maximum atomic E-state index is 12.9. The largest absolute Gasteiger partial charge is 0.488 e.